The van der Waals surface area contributed by atoms with E-state index in [9.17, 15) is 13.2 Å². The van der Waals surface area contributed by atoms with Crippen molar-refractivity contribution in [3.05, 3.63) is 42.6 Å². The Bertz CT molecular complexity index is 531. The van der Waals surface area contributed by atoms with Gasteiger partial charge in [-0.05, 0) is 6.07 Å². The maximum Gasteiger partial charge on any atom is 0.422 e. The van der Waals surface area contributed by atoms with Crippen molar-refractivity contribution in [3.8, 4) is 5.88 Å². The molecule has 20 heavy (non-hydrogen) atoms. The van der Waals surface area contributed by atoms with Crippen LogP contribution in [0.1, 0.15) is 5.56 Å². The number of halogens is 3. The van der Waals surface area contributed by atoms with Crippen LogP contribution < -0.4 is 10.1 Å². The lowest BCUT2D eigenvalue weighted by molar-refractivity contribution is -0.154. The lowest BCUT2D eigenvalue weighted by Crippen LogP contribution is -2.19. The van der Waals surface area contributed by atoms with Crippen molar-refractivity contribution in [1.82, 2.24) is 15.0 Å². The Morgan fingerprint density at radius 3 is 2.45 bits per heavy atom. The van der Waals surface area contributed by atoms with Crippen molar-refractivity contribution in [1.29, 1.82) is 0 Å². The van der Waals surface area contributed by atoms with Gasteiger partial charge >= 0.3 is 6.18 Å². The monoisotopic (exact) mass is 284 g/mol. The summed E-state index contributed by atoms with van der Waals surface area (Å²) >= 11 is 0. The van der Waals surface area contributed by atoms with E-state index in [-0.39, 0.29) is 5.88 Å². The summed E-state index contributed by atoms with van der Waals surface area (Å²) in [4.78, 5) is 11.5. The number of nitrogens with zero attached hydrogens (tertiary/aromatic N) is 3. The van der Waals surface area contributed by atoms with Gasteiger partial charge in [-0.2, -0.15) is 13.2 Å². The number of alkyl halides is 3. The quantitative estimate of drug-likeness (QED) is 0.913. The summed E-state index contributed by atoms with van der Waals surface area (Å²) in [6, 6.07) is 2.96. The maximum atomic E-state index is 12.0. The fourth-order valence-electron chi connectivity index (χ4n) is 1.35. The minimum absolute atomic E-state index is 0.0732. The highest BCUT2D eigenvalue weighted by Crippen LogP contribution is 2.18. The summed E-state index contributed by atoms with van der Waals surface area (Å²) in [5, 5.41) is 3.04. The van der Waals surface area contributed by atoms with Gasteiger partial charge in [-0.15, -0.1) is 0 Å². The second kappa shape index (κ2) is 6.18. The topological polar surface area (TPSA) is 59.9 Å². The third kappa shape index (κ3) is 4.71. The Morgan fingerprint density at radius 1 is 1.10 bits per heavy atom. The van der Waals surface area contributed by atoms with Crippen molar-refractivity contribution in [2.24, 2.45) is 0 Å². The second-order valence-electron chi connectivity index (χ2n) is 3.89. The molecule has 0 spiro atoms. The molecule has 0 bridgehead atoms. The average Bonchev–Trinajstić information content (AvgIpc) is 2.44. The molecule has 0 aliphatic rings. The molecule has 1 N–H and O–H groups in total. The van der Waals surface area contributed by atoms with E-state index in [4.69, 9.17) is 0 Å². The minimum atomic E-state index is -4.37. The van der Waals surface area contributed by atoms with Gasteiger partial charge in [0.1, 0.15) is 6.33 Å². The minimum Gasteiger partial charge on any atom is -0.468 e. The predicted molar refractivity (Wildman–Crippen MR) is 65.1 cm³/mol. The molecule has 0 fully saturated rings. The van der Waals surface area contributed by atoms with Crippen LogP contribution in [0, 0.1) is 0 Å². The van der Waals surface area contributed by atoms with Crippen molar-refractivity contribution >= 4 is 5.69 Å². The van der Waals surface area contributed by atoms with Gasteiger partial charge in [-0.1, -0.05) is 0 Å². The number of pyridine rings is 1. The molecule has 0 radical (unpaired) electrons. The number of rotatable bonds is 5. The van der Waals surface area contributed by atoms with Gasteiger partial charge in [0.05, 0.1) is 11.9 Å². The molecule has 2 aromatic rings. The molecule has 0 unspecified atom stereocenters. The standard InChI is InChI=1S/C12H11F3N4O/c13-12(14,15)7-20-11-2-1-10(6-19-11)18-5-9-3-16-8-17-4-9/h1-4,6,8,18H,5,7H2. The molecule has 106 valence electrons. The first-order valence-corrected chi connectivity index (χ1v) is 5.66. The molecule has 2 heterocycles. The van der Waals surface area contributed by atoms with E-state index in [1.807, 2.05) is 0 Å². The molecule has 2 aromatic heterocycles. The molecular formula is C12H11F3N4O. The molecule has 2 rings (SSSR count). The molecule has 0 aliphatic heterocycles. The zero-order valence-corrected chi connectivity index (χ0v) is 10.3. The first-order valence-electron chi connectivity index (χ1n) is 5.66. The van der Waals surface area contributed by atoms with Crippen LogP contribution in [-0.2, 0) is 6.54 Å². The van der Waals surface area contributed by atoms with E-state index >= 15 is 0 Å². The molecule has 8 heteroatoms. The summed E-state index contributed by atoms with van der Waals surface area (Å²) in [6.07, 6.45) is 1.78. The molecular weight excluding hydrogens is 273 g/mol. The third-order valence-electron chi connectivity index (χ3n) is 2.23. The number of aromatic nitrogens is 3. The van der Waals surface area contributed by atoms with E-state index in [1.54, 1.807) is 18.5 Å². The van der Waals surface area contributed by atoms with Gasteiger partial charge in [0.25, 0.3) is 0 Å². The first-order chi connectivity index (χ1) is 9.53. The number of nitrogens with one attached hydrogen (secondary N) is 1. The fourth-order valence-corrected chi connectivity index (χ4v) is 1.35. The van der Waals surface area contributed by atoms with Crippen molar-refractivity contribution in [2.75, 3.05) is 11.9 Å². The predicted octanol–water partition coefficient (Wildman–Crippen LogP) is 2.42. The van der Waals surface area contributed by atoms with Crippen LogP contribution in [0.15, 0.2) is 37.1 Å². The largest absolute Gasteiger partial charge is 0.468 e. The van der Waals surface area contributed by atoms with Gasteiger partial charge in [-0.25, -0.2) is 15.0 Å². The van der Waals surface area contributed by atoms with Crippen LogP contribution in [-0.4, -0.2) is 27.7 Å². The lowest BCUT2D eigenvalue weighted by Gasteiger charge is -2.09. The fraction of sp³-hybridized carbons (Fsp3) is 0.250. The van der Waals surface area contributed by atoms with Crippen LogP contribution in [0.4, 0.5) is 18.9 Å². The zero-order chi connectivity index (χ0) is 14.4. The molecule has 0 aromatic carbocycles. The summed E-state index contributed by atoms with van der Waals surface area (Å²) in [7, 11) is 0. The number of hydrogen-bond acceptors (Lipinski definition) is 5. The van der Waals surface area contributed by atoms with Crippen LogP contribution in [0.5, 0.6) is 5.88 Å². The van der Waals surface area contributed by atoms with Crippen molar-refractivity contribution < 1.29 is 17.9 Å². The third-order valence-corrected chi connectivity index (χ3v) is 2.23. The van der Waals surface area contributed by atoms with Crippen molar-refractivity contribution in [2.45, 2.75) is 12.7 Å². The summed E-state index contributed by atoms with van der Waals surface area (Å²) in [5.74, 6) is -0.0732. The Labute approximate surface area is 112 Å². The van der Waals surface area contributed by atoms with Gasteiger partial charge in [0.15, 0.2) is 6.61 Å². The van der Waals surface area contributed by atoms with E-state index < -0.39 is 12.8 Å². The summed E-state index contributed by atoms with van der Waals surface area (Å²) in [6.45, 7) is -0.862. The number of ether oxygens (including phenoxy) is 1. The Morgan fingerprint density at radius 2 is 1.85 bits per heavy atom. The Balaban J connectivity index is 1.85. The van der Waals surface area contributed by atoms with Gasteiger partial charge in [-0.3, -0.25) is 0 Å². The zero-order valence-electron chi connectivity index (χ0n) is 10.3. The Kier molecular flexibility index (Phi) is 4.34. The van der Waals surface area contributed by atoms with E-state index in [0.29, 0.717) is 12.2 Å². The van der Waals surface area contributed by atoms with Gasteiger partial charge in [0, 0.05) is 30.6 Å². The average molecular weight is 284 g/mol. The molecule has 5 nitrogen and oxygen atoms in total. The van der Waals surface area contributed by atoms with Crippen LogP contribution in [0.2, 0.25) is 0 Å². The number of hydrogen-bond donors (Lipinski definition) is 1. The highest BCUT2D eigenvalue weighted by Gasteiger charge is 2.28. The molecule has 0 saturated heterocycles. The normalized spacial score (nSPS) is 11.2. The van der Waals surface area contributed by atoms with Gasteiger partial charge < -0.3 is 10.1 Å². The highest BCUT2D eigenvalue weighted by molar-refractivity contribution is 5.42. The molecule has 0 atom stereocenters. The highest BCUT2D eigenvalue weighted by atomic mass is 19.4. The van der Waals surface area contributed by atoms with E-state index in [2.05, 4.69) is 25.0 Å². The first kappa shape index (κ1) is 14.0. The van der Waals surface area contributed by atoms with Crippen LogP contribution in [0.3, 0.4) is 0 Å². The summed E-state index contributed by atoms with van der Waals surface area (Å²) < 4.78 is 40.4. The smallest absolute Gasteiger partial charge is 0.422 e. The van der Waals surface area contributed by atoms with Crippen LogP contribution in [0.25, 0.3) is 0 Å². The lowest BCUT2D eigenvalue weighted by atomic mass is 10.3. The molecule has 0 aliphatic carbocycles. The Hall–Kier alpha value is -2.38. The van der Waals surface area contributed by atoms with E-state index in [0.717, 1.165) is 5.56 Å². The summed E-state index contributed by atoms with van der Waals surface area (Å²) in [5.41, 5.74) is 1.54. The SMILES string of the molecule is FC(F)(F)COc1ccc(NCc2cncnc2)cn1. The van der Waals surface area contributed by atoms with Crippen LogP contribution >= 0.6 is 0 Å². The van der Waals surface area contributed by atoms with Crippen molar-refractivity contribution in [3.63, 3.8) is 0 Å². The molecule has 0 amide bonds. The maximum absolute atomic E-state index is 12.0. The number of anilines is 1. The van der Waals surface area contributed by atoms with Gasteiger partial charge in [0.2, 0.25) is 5.88 Å². The molecule has 0 saturated carbocycles. The van der Waals surface area contributed by atoms with E-state index in [1.165, 1.54) is 18.6 Å². The second-order valence-corrected chi connectivity index (χ2v) is 3.89.